The second-order valence-corrected chi connectivity index (χ2v) is 7.95. The molecule has 1 N–H and O–H groups in total. The number of rotatable bonds is 6. The Kier molecular flexibility index (Phi) is 6.75. The zero-order valence-electron chi connectivity index (χ0n) is 18.3. The fraction of sp³-hybridized carbons (Fsp3) is 0.222. The van der Waals surface area contributed by atoms with Gasteiger partial charge in [0.05, 0.1) is 5.71 Å². The van der Waals surface area contributed by atoms with Crippen molar-refractivity contribution in [3.05, 3.63) is 90.0 Å². The van der Waals surface area contributed by atoms with Crippen LogP contribution in [0.2, 0.25) is 0 Å². The zero-order valence-corrected chi connectivity index (χ0v) is 18.3. The third-order valence-electron chi connectivity index (χ3n) is 5.74. The van der Waals surface area contributed by atoms with Crippen LogP contribution in [0.15, 0.2) is 84.0 Å². The van der Waals surface area contributed by atoms with Crippen LogP contribution in [0.3, 0.4) is 0 Å². The Hall–Kier alpha value is -3.73. The van der Waals surface area contributed by atoms with Crippen molar-refractivity contribution < 1.29 is 9.59 Å². The van der Waals surface area contributed by atoms with Crippen molar-refractivity contribution >= 4 is 23.2 Å². The number of carbonyl (C=O) groups is 2. The van der Waals surface area contributed by atoms with E-state index in [2.05, 4.69) is 28.7 Å². The molecule has 0 aromatic heterocycles. The molecule has 4 rings (SSSR count). The van der Waals surface area contributed by atoms with Gasteiger partial charge in [-0.1, -0.05) is 72.8 Å². The number of hydrogen-bond acceptors (Lipinski definition) is 3. The molecule has 2 amide bonds. The summed E-state index contributed by atoms with van der Waals surface area (Å²) < 4.78 is 0. The lowest BCUT2D eigenvalue weighted by molar-refractivity contribution is -0.125. The first-order chi connectivity index (χ1) is 15.6. The van der Waals surface area contributed by atoms with Gasteiger partial charge in [0.1, 0.15) is 0 Å². The maximum absolute atomic E-state index is 12.7. The van der Waals surface area contributed by atoms with Crippen molar-refractivity contribution in [1.82, 2.24) is 5.43 Å². The third-order valence-corrected chi connectivity index (χ3v) is 5.74. The van der Waals surface area contributed by atoms with Crippen molar-refractivity contribution in [3.63, 3.8) is 0 Å². The number of benzene rings is 3. The summed E-state index contributed by atoms with van der Waals surface area (Å²) in [6, 6.07) is 26.2. The van der Waals surface area contributed by atoms with Gasteiger partial charge in [0.2, 0.25) is 11.8 Å². The standard InChI is InChI=1S/C27H27N3O2/c1-20(21-13-15-23(16-14-21)22-8-3-2-4-9-22)28-29-26(31)17-18-27(32)30-19-7-11-24-10-5-6-12-25(24)30/h2-6,8-10,12-16H,7,11,17-19H2,1H3,(H,29,31)/b28-20+. The maximum atomic E-state index is 12.7. The molecule has 1 aliphatic rings. The lowest BCUT2D eigenvalue weighted by Gasteiger charge is -2.29. The predicted octanol–water partition coefficient (Wildman–Crippen LogP) is 4.95. The molecule has 0 atom stereocenters. The summed E-state index contributed by atoms with van der Waals surface area (Å²) in [4.78, 5) is 26.7. The highest BCUT2D eigenvalue weighted by Gasteiger charge is 2.22. The van der Waals surface area contributed by atoms with E-state index in [1.54, 1.807) is 4.90 Å². The van der Waals surface area contributed by atoms with Crippen molar-refractivity contribution in [1.29, 1.82) is 0 Å². The topological polar surface area (TPSA) is 61.8 Å². The third kappa shape index (κ3) is 5.11. The number of para-hydroxylation sites is 1. The largest absolute Gasteiger partial charge is 0.312 e. The van der Waals surface area contributed by atoms with E-state index >= 15 is 0 Å². The quantitative estimate of drug-likeness (QED) is 0.448. The molecule has 0 saturated heterocycles. The molecule has 0 bridgehead atoms. The molecule has 32 heavy (non-hydrogen) atoms. The van der Waals surface area contributed by atoms with Gasteiger partial charge in [-0.3, -0.25) is 9.59 Å². The number of hydrogen-bond donors (Lipinski definition) is 1. The molecule has 0 spiro atoms. The minimum absolute atomic E-state index is 0.0236. The van der Waals surface area contributed by atoms with Crippen LogP contribution in [-0.4, -0.2) is 24.1 Å². The average molecular weight is 426 g/mol. The number of amides is 2. The van der Waals surface area contributed by atoms with Crippen molar-refractivity contribution in [3.8, 4) is 11.1 Å². The van der Waals surface area contributed by atoms with Gasteiger partial charge in [-0.15, -0.1) is 0 Å². The summed E-state index contributed by atoms with van der Waals surface area (Å²) in [6.07, 6.45) is 2.21. The molecule has 1 heterocycles. The molecule has 1 aliphatic heterocycles. The van der Waals surface area contributed by atoms with E-state index in [4.69, 9.17) is 0 Å². The van der Waals surface area contributed by atoms with E-state index in [9.17, 15) is 9.59 Å². The normalized spacial score (nSPS) is 13.4. The van der Waals surface area contributed by atoms with Crippen LogP contribution in [0.25, 0.3) is 11.1 Å². The average Bonchev–Trinajstić information content (AvgIpc) is 2.86. The second-order valence-electron chi connectivity index (χ2n) is 7.95. The van der Waals surface area contributed by atoms with Crippen LogP contribution < -0.4 is 10.3 Å². The summed E-state index contributed by atoms with van der Waals surface area (Å²) in [6.45, 7) is 2.56. The molecule has 0 saturated carbocycles. The highest BCUT2D eigenvalue weighted by Crippen LogP contribution is 2.27. The van der Waals surface area contributed by atoms with Gasteiger partial charge in [0.25, 0.3) is 0 Å². The Labute approximate surface area is 188 Å². The van der Waals surface area contributed by atoms with E-state index < -0.39 is 0 Å². The van der Waals surface area contributed by atoms with Gasteiger partial charge in [-0.2, -0.15) is 5.10 Å². The zero-order chi connectivity index (χ0) is 22.3. The lowest BCUT2D eigenvalue weighted by atomic mass is 10.0. The number of nitrogens with one attached hydrogen (secondary N) is 1. The number of aryl methyl sites for hydroxylation is 1. The molecule has 0 fully saturated rings. The minimum Gasteiger partial charge on any atom is -0.312 e. The molecule has 3 aromatic carbocycles. The Morgan fingerprint density at radius 1 is 0.875 bits per heavy atom. The highest BCUT2D eigenvalue weighted by atomic mass is 16.2. The molecule has 3 aromatic rings. The van der Waals surface area contributed by atoms with Crippen LogP contribution in [-0.2, 0) is 16.0 Å². The lowest BCUT2D eigenvalue weighted by Crippen LogP contribution is -2.36. The predicted molar refractivity (Wildman–Crippen MR) is 129 cm³/mol. The Morgan fingerprint density at radius 2 is 1.56 bits per heavy atom. The van der Waals surface area contributed by atoms with Crippen LogP contribution in [0.1, 0.15) is 37.3 Å². The van der Waals surface area contributed by atoms with E-state index in [1.165, 1.54) is 5.56 Å². The number of carbonyl (C=O) groups excluding carboxylic acids is 2. The fourth-order valence-electron chi connectivity index (χ4n) is 3.95. The SMILES string of the molecule is C/C(=N\NC(=O)CCC(=O)N1CCCc2ccccc21)c1ccc(-c2ccccc2)cc1. The van der Waals surface area contributed by atoms with Crippen LogP contribution in [0, 0.1) is 0 Å². The Morgan fingerprint density at radius 3 is 2.34 bits per heavy atom. The van der Waals surface area contributed by atoms with E-state index in [0.29, 0.717) is 12.3 Å². The number of fused-ring (bicyclic) bond motifs is 1. The highest BCUT2D eigenvalue weighted by molar-refractivity contribution is 6.00. The van der Waals surface area contributed by atoms with E-state index in [1.807, 2.05) is 67.6 Å². The summed E-state index contributed by atoms with van der Waals surface area (Å²) in [7, 11) is 0. The molecule has 162 valence electrons. The summed E-state index contributed by atoms with van der Waals surface area (Å²) in [5.41, 5.74) is 8.68. The molecular weight excluding hydrogens is 398 g/mol. The maximum Gasteiger partial charge on any atom is 0.240 e. The monoisotopic (exact) mass is 425 g/mol. The Balaban J connectivity index is 1.30. The van der Waals surface area contributed by atoms with Crippen LogP contribution in [0.5, 0.6) is 0 Å². The van der Waals surface area contributed by atoms with Gasteiger partial charge in [-0.05, 0) is 48.1 Å². The van der Waals surface area contributed by atoms with Gasteiger partial charge < -0.3 is 4.90 Å². The van der Waals surface area contributed by atoms with Crippen molar-refractivity contribution in [2.75, 3.05) is 11.4 Å². The van der Waals surface area contributed by atoms with E-state index in [-0.39, 0.29) is 24.7 Å². The molecule has 5 nitrogen and oxygen atoms in total. The number of hydrazone groups is 1. The van der Waals surface area contributed by atoms with Crippen LogP contribution >= 0.6 is 0 Å². The molecule has 0 radical (unpaired) electrons. The smallest absolute Gasteiger partial charge is 0.240 e. The number of nitrogens with zero attached hydrogens (tertiary/aromatic N) is 2. The van der Waals surface area contributed by atoms with Gasteiger partial charge in [0.15, 0.2) is 0 Å². The van der Waals surface area contributed by atoms with E-state index in [0.717, 1.165) is 35.2 Å². The summed E-state index contributed by atoms with van der Waals surface area (Å²) in [5, 5.41) is 4.22. The fourth-order valence-corrected chi connectivity index (χ4v) is 3.95. The van der Waals surface area contributed by atoms with Crippen LogP contribution in [0.4, 0.5) is 5.69 Å². The first-order valence-electron chi connectivity index (χ1n) is 11.0. The summed E-state index contributed by atoms with van der Waals surface area (Å²) >= 11 is 0. The summed E-state index contributed by atoms with van der Waals surface area (Å²) in [5.74, 6) is -0.284. The van der Waals surface area contributed by atoms with Gasteiger partial charge >= 0.3 is 0 Å². The Bertz CT molecular complexity index is 1120. The first-order valence-corrected chi connectivity index (χ1v) is 11.0. The first kappa shape index (κ1) is 21.5. The van der Waals surface area contributed by atoms with Gasteiger partial charge in [0, 0.05) is 25.1 Å². The van der Waals surface area contributed by atoms with Crippen molar-refractivity contribution in [2.24, 2.45) is 5.10 Å². The number of anilines is 1. The molecule has 0 aliphatic carbocycles. The second kappa shape index (κ2) is 10.1. The molecule has 0 unspecified atom stereocenters. The minimum atomic E-state index is -0.260. The molecule has 5 heteroatoms. The van der Waals surface area contributed by atoms with Crippen molar-refractivity contribution in [2.45, 2.75) is 32.6 Å². The van der Waals surface area contributed by atoms with Gasteiger partial charge in [-0.25, -0.2) is 5.43 Å². The molecular formula is C27H27N3O2.